The molecule has 4 aliphatic rings. The molecule has 16 heavy (non-hydrogen) atoms. The second kappa shape index (κ2) is 3.12. The molecule has 0 amide bonds. The molecule has 0 aliphatic heterocycles. The summed E-state index contributed by atoms with van der Waals surface area (Å²) >= 11 is 0. The van der Waals surface area contributed by atoms with Gasteiger partial charge in [0.05, 0.1) is 5.92 Å². The lowest BCUT2D eigenvalue weighted by Gasteiger charge is -2.61. The lowest BCUT2D eigenvalue weighted by atomic mass is 9.43. The molecule has 2 heteroatoms. The fourth-order valence-electron chi connectivity index (χ4n) is 4.30. The highest BCUT2D eigenvalue weighted by molar-refractivity contribution is 5.71. The number of carboxylic acid groups (broad SMARTS) is 1. The van der Waals surface area contributed by atoms with E-state index in [1.165, 1.54) is 12.0 Å². The molecule has 4 rings (SSSR count). The van der Waals surface area contributed by atoms with E-state index in [0.717, 1.165) is 25.2 Å². The van der Waals surface area contributed by atoms with E-state index in [4.69, 9.17) is 0 Å². The van der Waals surface area contributed by atoms with Gasteiger partial charge in [0.25, 0.3) is 0 Å². The second-order valence-electron chi connectivity index (χ2n) is 6.37. The van der Waals surface area contributed by atoms with Gasteiger partial charge >= 0.3 is 5.97 Å². The quantitative estimate of drug-likeness (QED) is 0.689. The maximum atomic E-state index is 11.3. The van der Waals surface area contributed by atoms with Crippen molar-refractivity contribution in [1.82, 2.24) is 0 Å². The molecule has 4 aliphatic carbocycles. The Bertz CT molecular complexity index is 367. The monoisotopic (exact) mass is 220 g/mol. The Balaban J connectivity index is 1.92. The largest absolute Gasteiger partial charge is 0.481 e. The summed E-state index contributed by atoms with van der Waals surface area (Å²) in [5.41, 5.74) is 1.93. The molecule has 0 spiro atoms. The van der Waals surface area contributed by atoms with E-state index in [9.17, 15) is 9.90 Å². The molecule has 3 saturated carbocycles. The first-order valence-electron chi connectivity index (χ1n) is 6.44. The molecule has 1 N–H and O–H groups in total. The molecule has 2 bridgehead atoms. The Morgan fingerprint density at radius 2 is 2.19 bits per heavy atom. The summed E-state index contributed by atoms with van der Waals surface area (Å²) in [5, 5.41) is 9.28. The maximum Gasteiger partial charge on any atom is 0.307 e. The van der Waals surface area contributed by atoms with Crippen molar-refractivity contribution in [2.24, 2.45) is 29.1 Å². The van der Waals surface area contributed by atoms with Crippen molar-refractivity contribution < 1.29 is 9.90 Å². The number of carboxylic acids is 1. The van der Waals surface area contributed by atoms with E-state index in [1.807, 2.05) is 0 Å². The van der Waals surface area contributed by atoms with Crippen LogP contribution in [0.4, 0.5) is 0 Å². The zero-order chi connectivity index (χ0) is 11.5. The minimum Gasteiger partial charge on any atom is -0.481 e. The fourth-order valence-corrected chi connectivity index (χ4v) is 4.30. The molecule has 0 aromatic heterocycles. The average molecular weight is 220 g/mol. The number of hydrogen-bond donors (Lipinski definition) is 1. The molecule has 2 nitrogen and oxygen atoms in total. The van der Waals surface area contributed by atoms with Crippen LogP contribution in [0.5, 0.6) is 0 Å². The van der Waals surface area contributed by atoms with E-state index >= 15 is 0 Å². The average Bonchev–Trinajstić information content (AvgIpc) is 2.26. The first-order chi connectivity index (χ1) is 7.51. The molecule has 4 unspecified atom stereocenters. The molecule has 88 valence electrons. The van der Waals surface area contributed by atoms with E-state index in [0.29, 0.717) is 17.3 Å². The van der Waals surface area contributed by atoms with Crippen LogP contribution in [-0.2, 0) is 4.79 Å². The summed E-state index contributed by atoms with van der Waals surface area (Å²) in [7, 11) is 0. The molecular formula is C14H20O2. The lowest BCUT2D eigenvalue weighted by molar-refractivity contribution is -0.147. The molecule has 3 fully saturated rings. The molecule has 0 radical (unpaired) electrons. The number of carbonyl (C=O) groups is 1. The first-order valence-corrected chi connectivity index (χ1v) is 6.44. The van der Waals surface area contributed by atoms with Gasteiger partial charge in [-0.25, -0.2) is 0 Å². The van der Waals surface area contributed by atoms with Crippen molar-refractivity contribution in [3.8, 4) is 0 Å². The van der Waals surface area contributed by atoms with Crippen molar-refractivity contribution in [2.75, 3.05) is 0 Å². The Morgan fingerprint density at radius 3 is 2.81 bits per heavy atom. The molecular weight excluding hydrogens is 200 g/mol. The van der Waals surface area contributed by atoms with Crippen LogP contribution in [0.1, 0.15) is 39.5 Å². The van der Waals surface area contributed by atoms with E-state index < -0.39 is 5.97 Å². The van der Waals surface area contributed by atoms with Gasteiger partial charge in [-0.3, -0.25) is 4.79 Å². The van der Waals surface area contributed by atoms with Crippen LogP contribution in [0.15, 0.2) is 11.6 Å². The van der Waals surface area contributed by atoms with E-state index in [2.05, 4.69) is 19.9 Å². The van der Waals surface area contributed by atoms with Gasteiger partial charge in [0.1, 0.15) is 0 Å². The van der Waals surface area contributed by atoms with Gasteiger partial charge in [0.2, 0.25) is 0 Å². The van der Waals surface area contributed by atoms with Crippen LogP contribution in [0.25, 0.3) is 0 Å². The summed E-state index contributed by atoms with van der Waals surface area (Å²) in [6.45, 7) is 4.71. The van der Waals surface area contributed by atoms with Gasteiger partial charge in [-0.1, -0.05) is 25.5 Å². The van der Waals surface area contributed by atoms with E-state index in [-0.39, 0.29) is 5.92 Å². The Hall–Kier alpha value is -0.790. The highest BCUT2D eigenvalue weighted by Crippen LogP contribution is 2.65. The minimum absolute atomic E-state index is 0.0959. The number of allylic oxidation sites excluding steroid dienone is 2. The van der Waals surface area contributed by atoms with Crippen molar-refractivity contribution in [1.29, 1.82) is 0 Å². The number of rotatable bonds is 1. The van der Waals surface area contributed by atoms with Crippen LogP contribution in [0.2, 0.25) is 0 Å². The van der Waals surface area contributed by atoms with Crippen LogP contribution >= 0.6 is 0 Å². The highest BCUT2D eigenvalue weighted by atomic mass is 16.4. The van der Waals surface area contributed by atoms with Gasteiger partial charge < -0.3 is 5.11 Å². The molecule has 0 aromatic carbocycles. The Morgan fingerprint density at radius 1 is 1.44 bits per heavy atom. The van der Waals surface area contributed by atoms with E-state index in [1.54, 1.807) is 0 Å². The summed E-state index contributed by atoms with van der Waals surface area (Å²) in [5.74, 6) is 1.14. The maximum absolute atomic E-state index is 11.3. The van der Waals surface area contributed by atoms with Gasteiger partial charge in [-0.2, -0.15) is 0 Å². The molecule has 0 heterocycles. The smallest absolute Gasteiger partial charge is 0.307 e. The van der Waals surface area contributed by atoms with Gasteiger partial charge in [0.15, 0.2) is 0 Å². The third-order valence-electron chi connectivity index (χ3n) is 5.50. The van der Waals surface area contributed by atoms with Gasteiger partial charge in [-0.05, 0) is 48.9 Å². The van der Waals surface area contributed by atoms with Crippen LogP contribution < -0.4 is 0 Å². The second-order valence-corrected chi connectivity index (χ2v) is 6.37. The standard InChI is InChI=1S/C14H20O2/c1-14(2)8-6-11-9(12(14)7-8)4-3-5-10(11)13(15)16/h4,8,10-12H,3,5-7H2,1-2H3,(H,15,16). The SMILES string of the molecule is CC1(C)C2CC3C(=CCCC3C(=O)O)C1C2. The van der Waals surface area contributed by atoms with Crippen LogP contribution in [-0.4, -0.2) is 11.1 Å². The zero-order valence-corrected chi connectivity index (χ0v) is 10.1. The highest BCUT2D eigenvalue weighted by Gasteiger charge is 2.57. The Labute approximate surface area is 96.7 Å². The third kappa shape index (κ3) is 1.16. The van der Waals surface area contributed by atoms with Crippen LogP contribution in [0, 0.1) is 29.1 Å². The minimum atomic E-state index is -0.574. The predicted molar refractivity (Wildman–Crippen MR) is 61.9 cm³/mol. The van der Waals surface area contributed by atoms with Crippen molar-refractivity contribution in [3.05, 3.63) is 11.6 Å². The lowest BCUT2D eigenvalue weighted by Crippen LogP contribution is -2.54. The third-order valence-corrected chi connectivity index (χ3v) is 5.50. The topological polar surface area (TPSA) is 37.3 Å². The summed E-state index contributed by atoms with van der Waals surface area (Å²) in [4.78, 5) is 11.3. The number of hydrogen-bond acceptors (Lipinski definition) is 1. The summed E-state index contributed by atoms with van der Waals surface area (Å²) in [6, 6.07) is 0. The molecule has 0 aromatic rings. The van der Waals surface area contributed by atoms with Crippen LogP contribution in [0.3, 0.4) is 0 Å². The predicted octanol–water partition coefficient (Wildman–Crippen LogP) is 3.09. The van der Waals surface area contributed by atoms with Crippen molar-refractivity contribution in [3.63, 3.8) is 0 Å². The van der Waals surface area contributed by atoms with Crippen molar-refractivity contribution >= 4 is 5.97 Å². The molecule has 0 saturated heterocycles. The van der Waals surface area contributed by atoms with Gasteiger partial charge in [0, 0.05) is 0 Å². The summed E-state index contributed by atoms with van der Waals surface area (Å²) < 4.78 is 0. The molecule has 4 atom stereocenters. The van der Waals surface area contributed by atoms with Gasteiger partial charge in [-0.15, -0.1) is 0 Å². The fraction of sp³-hybridized carbons (Fsp3) is 0.786. The summed E-state index contributed by atoms with van der Waals surface area (Å²) in [6.07, 6.45) is 6.60. The number of aliphatic carboxylic acids is 1. The Kier molecular flexibility index (Phi) is 2.02. The normalized spacial score (nSPS) is 44.0. The zero-order valence-electron chi connectivity index (χ0n) is 10.1. The first kappa shape index (κ1) is 10.4. The van der Waals surface area contributed by atoms with Crippen molar-refractivity contribution in [2.45, 2.75) is 39.5 Å².